The van der Waals surface area contributed by atoms with Crippen LogP contribution in [0.25, 0.3) is 0 Å². The Morgan fingerprint density at radius 1 is 0.750 bits per heavy atom. The molecular formula is C33H68NO5P. The van der Waals surface area contributed by atoms with Crippen LogP contribution in [0, 0.1) is 0 Å². The third kappa shape index (κ3) is 23.3. The summed E-state index contributed by atoms with van der Waals surface area (Å²) < 4.78 is 30.6. The number of ether oxygens (including phenoxy) is 2. The van der Waals surface area contributed by atoms with Gasteiger partial charge >= 0.3 is 0 Å². The summed E-state index contributed by atoms with van der Waals surface area (Å²) in [5.74, 6) is -0.583. The Kier molecular flexibility index (Phi) is 23.1. The van der Waals surface area contributed by atoms with Crippen LogP contribution in [0.4, 0.5) is 0 Å². The van der Waals surface area contributed by atoms with E-state index in [0.29, 0.717) is 24.1 Å². The van der Waals surface area contributed by atoms with Gasteiger partial charge in [0.15, 0.2) is 13.4 Å². The lowest BCUT2D eigenvalue weighted by Gasteiger charge is -2.41. The van der Waals surface area contributed by atoms with Crippen LogP contribution >= 0.6 is 7.60 Å². The van der Waals surface area contributed by atoms with E-state index < -0.39 is 25.1 Å². The van der Waals surface area contributed by atoms with Gasteiger partial charge < -0.3 is 27.9 Å². The number of nitrogens with zero attached hydrogens (tertiary/aromatic N) is 1. The fourth-order valence-corrected chi connectivity index (χ4v) is 6.95. The molecule has 0 aromatic heterocycles. The highest BCUT2D eigenvalue weighted by Crippen LogP contribution is 2.47. The van der Waals surface area contributed by atoms with Crippen LogP contribution in [0.15, 0.2) is 12.2 Å². The molecule has 0 N–H and O–H groups in total. The highest BCUT2D eigenvalue weighted by atomic mass is 31.2. The van der Waals surface area contributed by atoms with Crippen LogP contribution in [-0.4, -0.2) is 62.9 Å². The third-order valence-electron chi connectivity index (χ3n) is 7.19. The van der Waals surface area contributed by atoms with Crippen molar-refractivity contribution in [1.29, 1.82) is 0 Å². The van der Waals surface area contributed by atoms with E-state index >= 15 is 0 Å². The van der Waals surface area contributed by atoms with E-state index in [1.165, 1.54) is 96.3 Å². The summed E-state index contributed by atoms with van der Waals surface area (Å²) >= 11 is 0. The molecular weight excluding hydrogens is 521 g/mol. The molecule has 240 valence electrons. The van der Waals surface area contributed by atoms with Crippen molar-refractivity contribution >= 4 is 7.60 Å². The summed E-state index contributed by atoms with van der Waals surface area (Å²) in [5.41, 5.74) is -0.404. The van der Waals surface area contributed by atoms with E-state index in [0.717, 1.165) is 6.42 Å². The first-order chi connectivity index (χ1) is 18.8. The second kappa shape index (κ2) is 23.3. The summed E-state index contributed by atoms with van der Waals surface area (Å²) in [6, 6.07) is 0. The van der Waals surface area contributed by atoms with Gasteiger partial charge in [0.1, 0.15) is 6.10 Å². The molecule has 7 heteroatoms. The van der Waals surface area contributed by atoms with Gasteiger partial charge in [-0.05, 0) is 52.9 Å². The van der Waals surface area contributed by atoms with Gasteiger partial charge in [0.25, 0.3) is 0 Å². The molecule has 3 atom stereocenters. The Hall–Kier alpha value is -0.230. The minimum atomic E-state index is -4.04. The van der Waals surface area contributed by atoms with Crippen LogP contribution in [0.2, 0.25) is 0 Å². The molecule has 0 aliphatic rings. The van der Waals surface area contributed by atoms with Crippen molar-refractivity contribution < 1.29 is 27.9 Å². The molecule has 0 aromatic rings. The Labute approximate surface area is 249 Å². The first-order valence-electron chi connectivity index (χ1n) is 16.5. The molecule has 0 heterocycles. The number of hydrogen-bond acceptors (Lipinski definition) is 5. The second-order valence-corrected chi connectivity index (χ2v) is 15.3. The Morgan fingerprint density at radius 3 is 1.68 bits per heavy atom. The van der Waals surface area contributed by atoms with Crippen molar-refractivity contribution in [2.75, 3.05) is 41.0 Å². The lowest BCUT2D eigenvalue weighted by atomic mass is 10.1. The molecule has 0 saturated heterocycles. The summed E-state index contributed by atoms with van der Waals surface area (Å²) in [6.07, 6.45) is 25.7. The Balaban J connectivity index is 3.93. The van der Waals surface area contributed by atoms with Crippen LogP contribution in [0.5, 0.6) is 0 Å². The number of quaternary nitrogens is 1. The van der Waals surface area contributed by atoms with Crippen LogP contribution in [0.1, 0.15) is 144 Å². The largest absolute Gasteiger partial charge is 0.774 e. The molecule has 0 aliphatic carbocycles. The molecule has 0 amide bonds. The SMILES string of the molecule is CCCCCCCC/C=C\CCCCCCCCCCOC[C@H](COP(=O)([O-])C(CC)[N+](C)(C)C)OC(C)(C)C. The average Bonchev–Trinajstić information content (AvgIpc) is 2.84. The number of hydrogen-bond donors (Lipinski definition) is 0. The number of allylic oxidation sites excluding steroid dienone is 2. The maximum absolute atomic E-state index is 12.8. The molecule has 0 aromatic carbocycles. The molecule has 0 radical (unpaired) electrons. The van der Waals surface area contributed by atoms with E-state index in [2.05, 4.69) is 19.1 Å². The molecule has 2 unspecified atom stereocenters. The van der Waals surface area contributed by atoms with Crippen molar-refractivity contribution in [3.63, 3.8) is 0 Å². The van der Waals surface area contributed by atoms with Crippen molar-refractivity contribution in [2.24, 2.45) is 0 Å². The monoisotopic (exact) mass is 589 g/mol. The van der Waals surface area contributed by atoms with Gasteiger partial charge in [-0.15, -0.1) is 0 Å². The van der Waals surface area contributed by atoms with Gasteiger partial charge in [-0.25, -0.2) is 0 Å². The highest BCUT2D eigenvalue weighted by Gasteiger charge is 2.34. The molecule has 0 saturated carbocycles. The first kappa shape index (κ1) is 39.8. The maximum atomic E-state index is 12.8. The van der Waals surface area contributed by atoms with Crippen molar-refractivity contribution in [3.05, 3.63) is 12.2 Å². The van der Waals surface area contributed by atoms with E-state index in [9.17, 15) is 9.46 Å². The van der Waals surface area contributed by atoms with Crippen molar-refractivity contribution in [1.82, 2.24) is 0 Å². The molecule has 0 aliphatic heterocycles. The second-order valence-electron chi connectivity index (χ2n) is 13.4. The van der Waals surface area contributed by atoms with Gasteiger partial charge in [-0.3, -0.25) is 0 Å². The first-order valence-corrected chi connectivity index (χ1v) is 18.1. The number of rotatable bonds is 27. The summed E-state index contributed by atoms with van der Waals surface area (Å²) in [6.45, 7) is 11.0. The van der Waals surface area contributed by atoms with Crippen molar-refractivity contribution in [3.8, 4) is 0 Å². The molecule has 40 heavy (non-hydrogen) atoms. The lowest BCUT2D eigenvalue weighted by molar-refractivity contribution is -0.884. The fourth-order valence-electron chi connectivity index (χ4n) is 5.10. The Bertz CT molecular complexity index is 656. The van der Waals surface area contributed by atoms with E-state index in [1.54, 1.807) is 0 Å². The van der Waals surface area contributed by atoms with E-state index in [4.69, 9.17) is 14.0 Å². The zero-order valence-electron chi connectivity index (χ0n) is 27.9. The zero-order chi connectivity index (χ0) is 30.3. The van der Waals surface area contributed by atoms with Crippen LogP contribution in [-0.2, 0) is 18.6 Å². The third-order valence-corrected chi connectivity index (χ3v) is 9.49. The number of unbranched alkanes of at least 4 members (excludes halogenated alkanes) is 14. The van der Waals surface area contributed by atoms with E-state index in [1.807, 2.05) is 48.8 Å². The van der Waals surface area contributed by atoms with Gasteiger partial charge in [-0.1, -0.05) is 96.6 Å². The zero-order valence-corrected chi connectivity index (χ0v) is 28.8. The molecule has 0 spiro atoms. The Morgan fingerprint density at radius 2 is 1.23 bits per heavy atom. The van der Waals surface area contributed by atoms with E-state index in [-0.39, 0.29) is 6.61 Å². The fraction of sp³-hybridized carbons (Fsp3) is 0.939. The normalized spacial score (nSPS) is 15.9. The maximum Gasteiger partial charge on any atom is 0.193 e. The molecule has 0 bridgehead atoms. The van der Waals surface area contributed by atoms with Crippen LogP contribution < -0.4 is 4.89 Å². The average molecular weight is 590 g/mol. The minimum Gasteiger partial charge on any atom is -0.774 e. The summed E-state index contributed by atoms with van der Waals surface area (Å²) in [7, 11) is 1.60. The van der Waals surface area contributed by atoms with Gasteiger partial charge in [0, 0.05) is 13.0 Å². The molecule has 0 fully saturated rings. The predicted octanol–water partition coefficient (Wildman–Crippen LogP) is 9.02. The van der Waals surface area contributed by atoms with Gasteiger partial charge in [0.2, 0.25) is 0 Å². The molecule has 6 nitrogen and oxygen atoms in total. The molecule has 0 rings (SSSR count). The van der Waals surface area contributed by atoms with Crippen molar-refractivity contribution in [2.45, 2.75) is 161 Å². The standard InChI is InChI=1S/C33H68NO5P/c1-9-11-12-13-14-15-16-17-18-19-20-21-22-23-24-25-26-27-28-37-29-31(39-33(3,4)5)30-38-40(35,36)32(10-2)34(6,7)8/h17-18,31-32H,9-16,19-30H2,1-8H3/b18-17-/t31-,32?/m1/s1. The quantitative estimate of drug-likeness (QED) is 0.0414. The van der Waals surface area contributed by atoms with Crippen LogP contribution in [0.3, 0.4) is 0 Å². The van der Waals surface area contributed by atoms with Gasteiger partial charge in [0.05, 0.1) is 40.0 Å². The minimum absolute atomic E-state index is 0.0105. The summed E-state index contributed by atoms with van der Waals surface area (Å²) in [5, 5.41) is 0. The van der Waals surface area contributed by atoms with Gasteiger partial charge in [-0.2, -0.15) is 0 Å². The topological polar surface area (TPSA) is 67.8 Å². The smallest absolute Gasteiger partial charge is 0.193 e. The summed E-state index contributed by atoms with van der Waals surface area (Å²) in [4.78, 5) is 12.8. The lowest BCUT2D eigenvalue weighted by Crippen LogP contribution is -2.47. The highest BCUT2D eigenvalue weighted by molar-refractivity contribution is 7.51. The predicted molar refractivity (Wildman–Crippen MR) is 170 cm³/mol.